The zero-order chi connectivity index (χ0) is 12.8. The highest BCUT2D eigenvalue weighted by Gasteiger charge is 2.15. The fourth-order valence-electron chi connectivity index (χ4n) is 1.71. The maximum Gasteiger partial charge on any atom is 0.304 e. The number of nitrogens with zero attached hydrogens (tertiary/aromatic N) is 1. The average molecular weight is 233 g/mol. The minimum atomic E-state index is -0.955. The lowest BCUT2D eigenvalue weighted by atomic mass is 9.96. The van der Waals surface area contributed by atoms with Gasteiger partial charge in [0.05, 0.1) is 25.5 Å². The Morgan fingerprint density at radius 3 is 2.82 bits per heavy atom. The summed E-state index contributed by atoms with van der Waals surface area (Å²) in [6.07, 6.45) is 0.251. The van der Waals surface area contributed by atoms with Gasteiger partial charge in [0.2, 0.25) is 0 Å². The normalized spacial score (nSPS) is 11.6. The van der Waals surface area contributed by atoms with E-state index in [1.165, 1.54) is 0 Å². The molecule has 4 nitrogen and oxygen atoms in total. The van der Waals surface area contributed by atoms with E-state index in [2.05, 4.69) is 0 Å². The van der Waals surface area contributed by atoms with Crippen LogP contribution in [0.5, 0.6) is 5.75 Å². The second-order valence-electron chi connectivity index (χ2n) is 3.94. The summed E-state index contributed by atoms with van der Waals surface area (Å²) < 4.78 is 5.19. The van der Waals surface area contributed by atoms with Crippen LogP contribution in [0.25, 0.3) is 0 Å². The Hall–Kier alpha value is -2.02. The first kappa shape index (κ1) is 13.0. The van der Waals surface area contributed by atoms with Crippen LogP contribution in [-0.4, -0.2) is 18.2 Å². The quantitative estimate of drug-likeness (QED) is 0.846. The van der Waals surface area contributed by atoms with Crippen molar-refractivity contribution in [2.75, 3.05) is 7.11 Å². The molecule has 17 heavy (non-hydrogen) atoms. The number of ether oxygens (including phenoxy) is 1. The first-order chi connectivity index (χ1) is 8.06. The number of hydrogen-bond acceptors (Lipinski definition) is 3. The van der Waals surface area contributed by atoms with E-state index in [-0.39, 0.29) is 6.42 Å². The zero-order valence-corrected chi connectivity index (χ0v) is 9.93. The van der Waals surface area contributed by atoms with E-state index in [4.69, 9.17) is 15.1 Å². The Kier molecular flexibility index (Phi) is 4.53. The fourth-order valence-corrected chi connectivity index (χ4v) is 1.71. The summed E-state index contributed by atoms with van der Waals surface area (Å²) in [5.41, 5.74) is 1.94. The minimum Gasteiger partial charge on any atom is -0.496 e. The summed E-state index contributed by atoms with van der Waals surface area (Å²) in [4.78, 5) is 10.6. The van der Waals surface area contributed by atoms with Crippen LogP contribution in [0.1, 0.15) is 17.5 Å². The van der Waals surface area contributed by atoms with Crippen LogP contribution in [-0.2, 0) is 11.2 Å². The second kappa shape index (κ2) is 5.90. The molecule has 0 radical (unpaired) electrons. The number of rotatable bonds is 5. The number of carbonyl (C=O) groups is 1. The highest BCUT2D eigenvalue weighted by molar-refractivity contribution is 5.67. The van der Waals surface area contributed by atoms with Crippen LogP contribution in [0.4, 0.5) is 0 Å². The summed E-state index contributed by atoms with van der Waals surface area (Å²) in [6.45, 7) is 1.95. The Labute approximate surface area is 100 Å². The van der Waals surface area contributed by atoms with Gasteiger partial charge in [-0.25, -0.2) is 0 Å². The van der Waals surface area contributed by atoms with E-state index in [1.54, 1.807) is 7.11 Å². The SMILES string of the molecule is COc1ccc(C)cc1CC(C#N)CC(=O)O. The van der Waals surface area contributed by atoms with E-state index in [0.717, 1.165) is 11.1 Å². The van der Waals surface area contributed by atoms with Gasteiger partial charge in [-0.15, -0.1) is 0 Å². The van der Waals surface area contributed by atoms with Crippen molar-refractivity contribution in [2.45, 2.75) is 19.8 Å². The molecule has 0 heterocycles. The molecule has 1 aromatic rings. The molecular weight excluding hydrogens is 218 g/mol. The summed E-state index contributed by atoms with van der Waals surface area (Å²) in [5.74, 6) is -0.785. The number of carboxylic acids is 1. The van der Waals surface area contributed by atoms with Gasteiger partial charge in [0.25, 0.3) is 0 Å². The number of nitriles is 1. The van der Waals surface area contributed by atoms with Crippen molar-refractivity contribution in [2.24, 2.45) is 5.92 Å². The molecule has 0 saturated heterocycles. The Morgan fingerprint density at radius 1 is 1.59 bits per heavy atom. The van der Waals surface area contributed by atoms with Crippen LogP contribution in [0.3, 0.4) is 0 Å². The topological polar surface area (TPSA) is 70.3 Å². The van der Waals surface area contributed by atoms with Gasteiger partial charge in [-0.2, -0.15) is 5.26 Å². The third kappa shape index (κ3) is 3.80. The summed E-state index contributed by atoms with van der Waals surface area (Å²) in [6, 6.07) is 7.69. The molecule has 1 unspecified atom stereocenters. The molecular formula is C13H15NO3. The number of aryl methyl sites for hydroxylation is 1. The predicted molar refractivity (Wildman–Crippen MR) is 62.8 cm³/mol. The maximum atomic E-state index is 10.6. The number of methoxy groups -OCH3 is 1. The van der Waals surface area contributed by atoms with Crippen molar-refractivity contribution in [3.05, 3.63) is 29.3 Å². The number of aliphatic carboxylic acids is 1. The van der Waals surface area contributed by atoms with Gasteiger partial charge in [-0.05, 0) is 25.0 Å². The van der Waals surface area contributed by atoms with Crippen LogP contribution in [0.15, 0.2) is 18.2 Å². The summed E-state index contributed by atoms with van der Waals surface area (Å²) >= 11 is 0. The lowest BCUT2D eigenvalue weighted by molar-refractivity contribution is -0.137. The molecule has 0 amide bonds. The van der Waals surface area contributed by atoms with Gasteiger partial charge >= 0.3 is 5.97 Å². The standard InChI is InChI=1S/C13H15NO3/c1-9-3-4-12(17-2)11(5-9)6-10(8-14)7-13(15)16/h3-5,10H,6-7H2,1-2H3,(H,15,16). The number of carboxylic acid groups (broad SMARTS) is 1. The maximum absolute atomic E-state index is 10.6. The molecule has 1 atom stereocenters. The monoisotopic (exact) mass is 233 g/mol. The van der Waals surface area contributed by atoms with E-state index < -0.39 is 11.9 Å². The van der Waals surface area contributed by atoms with Crippen molar-refractivity contribution in [1.29, 1.82) is 5.26 Å². The van der Waals surface area contributed by atoms with Crippen LogP contribution in [0, 0.1) is 24.2 Å². The molecule has 0 spiro atoms. The van der Waals surface area contributed by atoms with E-state index in [9.17, 15) is 4.79 Å². The third-order valence-corrected chi connectivity index (χ3v) is 2.51. The molecule has 0 saturated carbocycles. The van der Waals surface area contributed by atoms with Crippen molar-refractivity contribution >= 4 is 5.97 Å². The number of hydrogen-bond donors (Lipinski definition) is 1. The molecule has 1 rings (SSSR count). The molecule has 0 bridgehead atoms. The highest BCUT2D eigenvalue weighted by Crippen LogP contribution is 2.23. The first-order valence-electron chi connectivity index (χ1n) is 5.31. The molecule has 0 fully saturated rings. The second-order valence-corrected chi connectivity index (χ2v) is 3.94. The van der Waals surface area contributed by atoms with Crippen molar-refractivity contribution < 1.29 is 14.6 Å². The van der Waals surface area contributed by atoms with Gasteiger partial charge in [-0.1, -0.05) is 17.7 Å². The van der Waals surface area contributed by atoms with Crippen molar-refractivity contribution in [3.63, 3.8) is 0 Å². The van der Waals surface area contributed by atoms with E-state index >= 15 is 0 Å². The molecule has 0 aliphatic heterocycles. The smallest absolute Gasteiger partial charge is 0.304 e. The van der Waals surface area contributed by atoms with Crippen molar-refractivity contribution in [1.82, 2.24) is 0 Å². The molecule has 90 valence electrons. The lowest BCUT2D eigenvalue weighted by Crippen LogP contribution is -2.09. The third-order valence-electron chi connectivity index (χ3n) is 2.51. The highest BCUT2D eigenvalue weighted by atomic mass is 16.5. The van der Waals surface area contributed by atoms with Crippen LogP contribution >= 0.6 is 0 Å². The largest absolute Gasteiger partial charge is 0.496 e. The average Bonchev–Trinajstić information content (AvgIpc) is 2.28. The molecule has 0 aliphatic carbocycles. The van der Waals surface area contributed by atoms with Crippen molar-refractivity contribution in [3.8, 4) is 11.8 Å². The van der Waals surface area contributed by atoms with E-state index in [1.807, 2.05) is 31.2 Å². The van der Waals surface area contributed by atoms with Gasteiger partial charge in [0.1, 0.15) is 5.75 Å². The minimum absolute atomic E-state index is 0.145. The molecule has 1 aromatic carbocycles. The summed E-state index contributed by atoms with van der Waals surface area (Å²) in [5, 5.41) is 17.6. The zero-order valence-electron chi connectivity index (χ0n) is 9.93. The first-order valence-corrected chi connectivity index (χ1v) is 5.31. The predicted octanol–water partition coefficient (Wildman–Crippen LogP) is 2.16. The van der Waals surface area contributed by atoms with Gasteiger partial charge in [-0.3, -0.25) is 4.79 Å². The van der Waals surface area contributed by atoms with E-state index in [0.29, 0.717) is 12.2 Å². The van der Waals surface area contributed by atoms with Gasteiger partial charge < -0.3 is 9.84 Å². The van der Waals surface area contributed by atoms with Crippen LogP contribution in [0.2, 0.25) is 0 Å². The van der Waals surface area contributed by atoms with Crippen LogP contribution < -0.4 is 4.74 Å². The van der Waals surface area contributed by atoms with Gasteiger partial charge in [0.15, 0.2) is 0 Å². The molecule has 0 aliphatic rings. The molecule has 0 aromatic heterocycles. The number of benzene rings is 1. The molecule has 4 heteroatoms. The Morgan fingerprint density at radius 2 is 2.29 bits per heavy atom. The summed E-state index contributed by atoms with van der Waals surface area (Å²) in [7, 11) is 1.56. The lowest BCUT2D eigenvalue weighted by Gasteiger charge is -2.11. The van der Waals surface area contributed by atoms with Gasteiger partial charge in [0, 0.05) is 0 Å². The fraction of sp³-hybridized carbons (Fsp3) is 0.385. The Bertz CT molecular complexity index is 448. The molecule has 1 N–H and O–H groups in total. The Balaban J connectivity index is 2.89.